The van der Waals surface area contributed by atoms with Crippen LogP contribution in [0.25, 0.3) is 10.2 Å². The predicted octanol–water partition coefficient (Wildman–Crippen LogP) is 4.83. The molecule has 27 heavy (non-hydrogen) atoms. The Morgan fingerprint density at radius 2 is 2.11 bits per heavy atom. The molecule has 2 heterocycles. The topological polar surface area (TPSA) is 54.9 Å². The van der Waals surface area contributed by atoms with Crippen LogP contribution in [0.2, 0.25) is 0 Å². The number of hydrogen-bond acceptors (Lipinski definition) is 5. The third-order valence-corrected chi connectivity index (χ3v) is 6.78. The van der Waals surface area contributed by atoms with Crippen LogP contribution in [-0.2, 0) is 17.6 Å². The Labute approximate surface area is 163 Å². The normalized spacial score (nSPS) is 16.3. The summed E-state index contributed by atoms with van der Waals surface area (Å²) in [5.74, 6) is -1.39. The smallest absolute Gasteiger partial charge is 0.234 e. The number of nitrogens with one attached hydrogen (secondary N) is 1. The fourth-order valence-corrected chi connectivity index (χ4v) is 5.52. The highest BCUT2D eigenvalue weighted by Gasteiger charge is 2.23. The van der Waals surface area contributed by atoms with Crippen molar-refractivity contribution < 1.29 is 13.6 Å². The molecule has 1 aliphatic rings. The summed E-state index contributed by atoms with van der Waals surface area (Å²) in [6.45, 7) is 2.25. The van der Waals surface area contributed by atoms with Gasteiger partial charge in [-0.2, -0.15) is 0 Å². The van der Waals surface area contributed by atoms with Gasteiger partial charge in [-0.05, 0) is 42.9 Å². The average molecular weight is 405 g/mol. The number of fused-ring (bicyclic) bond motifs is 3. The molecule has 0 fully saturated rings. The molecule has 0 saturated carbocycles. The molecule has 1 atom stereocenters. The molecule has 3 aromatic rings. The van der Waals surface area contributed by atoms with Crippen LogP contribution in [0.3, 0.4) is 0 Å². The molecule has 0 spiro atoms. The van der Waals surface area contributed by atoms with Crippen molar-refractivity contribution in [3.63, 3.8) is 0 Å². The molecule has 1 amide bonds. The minimum absolute atomic E-state index is 0.0148. The molecule has 1 aliphatic carbocycles. The van der Waals surface area contributed by atoms with E-state index in [1.165, 1.54) is 34.6 Å². The number of amides is 1. The summed E-state index contributed by atoms with van der Waals surface area (Å²) in [5, 5.41) is 4.08. The Morgan fingerprint density at radius 3 is 2.89 bits per heavy atom. The van der Waals surface area contributed by atoms with Crippen molar-refractivity contribution in [2.75, 3.05) is 11.1 Å². The van der Waals surface area contributed by atoms with Crippen molar-refractivity contribution in [1.29, 1.82) is 0 Å². The highest BCUT2D eigenvalue weighted by Crippen LogP contribution is 2.40. The monoisotopic (exact) mass is 405 g/mol. The number of carbonyl (C=O) groups excluding carboxylic acids is 1. The first kappa shape index (κ1) is 18.3. The van der Waals surface area contributed by atoms with Gasteiger partial charge in [0.1, 0.15) is 33.5 Å². The molecule has 4 rings (SSSR count). The molecule has 0 saturated heterocycles. The number of aromatic nitrogens is 2. The first-order valence-electron chi connectivity index (χ1n) is 8.65. The lowest BCUT2D eigenvalue weighted by Crippen LogP contribution is -2.16. The Morgan fingerprint density at radius 1 is 1.33 bits per heavy atom. The van der Waals surface area contributed by atoms with Gasteiger partial charge >= 0.3 is 0 Å². The molecule has 2 aromatic heterocycles. The summed E-state index contributed by atoms with van der Waals surface area (Å²) in [4.78, 5) is 23.2. The number of carbonyl (C=O) groups is 1. The Balaban J connectivity index is 1.53. The maximum Gasteiger partial charge on any atom is 0.234 e. The van der Waals surface area contributed by atoms with Crippen LogP contribution in [0.4, 0.5) is 14.5 Å². The number of nitrogens with zero attached hydrogens (tertiary/aromatic N) is 2. The molecule has 0 unspecified atom stereocenters. The number of thiophene rings is 1. The van der Waals surface area contributed by atoms with Crippen molar-refractivity contribution in [2.45, 2.75) is 31.2 Å². The number of anilines is 1. The third-order valence-electron chi connectivity index (χ3n) is 4.62. The number of para-hydroxylation sites is 1. The van der Waals surface area contributed by atoms with Gasteiger partial charge in [-0.3, -0.25) is 4.79 Å². The maximum absolute atomic E-state index is 13.7. The van der Waals surface area contributed by atoms with E-state index in [1.807, 2.05) is 0 Å². The van der Waals surface area contributed by atoms with Crippen LogP contribution in [0.5, 0.6) is 0 Å². The predicted molar refractivity (Wildman–Crippen MR) is 104 cm³/mol. The van der Waals surface area contributed by atoms with Crippen molar-refractivity contribution in [3.05, 3.63) is 46.6 Å². The van der Waals surface area contributed by atoms with Gasteiger partial charge in [0.2, 0.25) is 5.91 Å². The van der Waals surface area contributed by atoms with E-state index in [9.17, 15) is 13.6 Å². The third kappa shape index (κ3) is 3.68. The molecular formula is C19H17F2N3OS2. The summed E-state index contributed by atoms with van der Waals surface area (Å²) in [5.41, 5.74) is 0.870. The minimum Gasteiger partial charge on any atom is -0.320 e. The molecule has 0 aliphatic heterocycles. The number of hydrogen-bond donors (Lipinski definition) is 1. The Kier molecular flexibility index (Phi) is 5.10. The zero-order valence-electron chi connectivity index (χ0n) is 14.6. The first-order chi connectivity index (χ1) is 13.0. The fourth-order valence-electron chi connectivity index (χ4n) is 3.28. The summed E-state index contributed by atoms with van der Waals surface area (Å²) in [7, 11) is 0. The molecule has 1 N–H and O–H groups in total. The lowest BCUT2D eigenvalue weighted by atomic mass is 9.89. The maximum atomic E-state index is 13.7. The average Bonchev–Trinajstić information content (AvgIpc) is 3.01. The van der Waals surface area contributed by atoms with Gasteiger partial charge < -0.3 is 5.32 Å². The van der Waals surface area contributed by atoms with Crippen LogP contribution in [0, 0.1) is 17.6 Å². The summed E-state index contributed by atoms with van der Waals surface area (Å²) >= 11 is 2.96. The standard InChI is InChI=1S/C19H17F2N3OS2/c1-10-5-6-11-14(7-10)27-19-16(11)18(22-9-23-19)26-8-15(25)24-17-12(20)3-2-4-13(17)21/h2-4,9-10H,5-8H2,1H3,(H,24,25)/t10-/m1/s1. The van der Waals surface area contributed by atoms with E-state index in [0.29, 0.717) is 5.92 Å². The number of thioether (sulfide) groups is 1. The summed E-state index contributed by atoms with van der Waals surface area (Å²) < 4.78 is 27.4. The zero-order valence-corrected chi connectivity index (χ0v) is 16.2. The highest BCUT2D eigenvalue weighted by molar-refractivity contribution is 8.00. The molecule has 8 heteroatoms. The zero-order chi connectivity index (χ0) is 19.0. The van der Waals surface area contributed by atoms with Crippen LogP contribution >= 0.6 is 23.1 Å². The number of benzene rings is 1. The van der Waals surface area contributed by atoms with E-state index in [4.69, 9.17) is 0 Å². The highest BCUT2D eigenvalue weighted by atomic mass is 32.2. The summed E-state index contributed by atoms with van der Waals surface area (Å²) in [6, 6.07) is 3.48. The van der Waals surface area contributed by atoms with Crippen LogP contribution in [-0.4, -0.2) is 21.6 Å². The second-order valence-corrected chi connectivity index (χ2v) is 8.69. The van der Waals surface area contributed by atoms with E-state index in [0.717, 1.165) is 46.6 Å². The van der Waals surface area contributed by atoms with Gasteiger partial charge in [-0.1, -0.05) is 24.8 Å². The van der Waals surface area contributed by atoms with E-state index < -0.39 is 23.2 Å². The molecule has 0 radical (unpaired) electrons. The second-order valence-electron chi connectivity index (χ2n) is 6.64. The van der Waals surface area contributed by atoms with Crippen molar-refractivity contribution in [1.82, 2.24) is 9.97 Å². The summed E-state index contributed by atoms with van der Waals surface area (Å²) in [6.07, 6.45) is 4.67. The number of halogens is 2. The number of aryl methyl sites for hydroxylation is 1. The SMILES string of the molecule is C[C@@H]1CCc2c(sc3ncnc(SCC(=O)Nc4c(F)cccc4F)c23)C1. The Hall–Kier alpha value is -2.06. The van der Waals surface area contributed by atoms with E-state index in [-0.39, 0.29) is 5.75 Å². The largest absolute Gasteiger partial charge is 0.320 e. The minimum atomic E-state index is -0.793. The van der Waals surface area contributed by atoms with Gasteiger partial charge in [0, 0.05) is 10.3 Å². The van der Waals surface area contributed by atoms with Crippen LogP contribution in [0.15, 0.2) is 29.6 Å². The van der Waals surface area contributed by atoms with Gasteiger partial charge in [0.25, 0.3) is 0 Å². The van der Waals surface area contributed by atoms with Gasteiger partial charge in [-0.25, -0.2) is 18.7 Å². The lowest BCUT2D eigenvalue weighted by molar-refractivity contribution is -0.113. The van der Waals surface area contributed by atoms with Gasteiger partial charge in [0.05, 0.1) is 5.75 Å². The Bertz CT molecular complexity index is 1000. The number of rotatable bonds is 4. The second kappa shape index (κ2) is 7.52. The van der Waals surface area contributed by atoms with E-state index in [1.54, 1.807) is 11.3 Å². The van der Waals surface area contributed by atoms with Crippen molar-refractivity contribution in [2.24, 2.45) is 5.92 Å². The lowest BCUT2D eigenvalue weighted by Gasteiger charge is -2.18. The molecular weight excluding hydrogens is 388 g/mol. The molecule has 0 bridgehead atoms. The molecule has 140 valence electrons. The molecule has 4 nitrogen and oxygen atoms in total. The van der Waals surface area contributed by atoms with Crippen molar-refractivity contribution >= 4 is 44.9 Å². The first-order valence-corrected chi connectivity index (χ1v) is 10.4. The van der Waals surface area contributed by atoms with E-state index >= 15 is 0 Å². The fraction of sp³-hybridized carbons (Fsp3) is 0.316. The quantitative estimate of drug-likeness (QED) is 0.499. The molecule has 1 aromatic carbocycles. The van der Waals surface area contributed by atoms with E-state index in [2.05, 4.69) is 22.2 Å². The van der Waals surface area contributed by atoms with Gasteiger partial charge in [-0.15, -0.1) is 11.3 Å². The van der Waals surface area contributed by atoms with Crippen LogP contribution in [0.1, 0.15) is 23.8 Å². The van der Waals surface area contributed by atoms with Crippen molar-refractivity contribution in [3.8, 4) is 0 Å². The van der Waals surface area contributed by atoms with Crippen LogP contribution < -0.4 is 5.32 Å². The van der Waals surface area contributed by atoms with Gasteiger partial charge in [0.15, 0.2) is 0 Å².